The van der Waals surface area contributed by atoms with E-state index in [0.29, 0.717) is 47.7 Å². The minimum absolute atomic E-state index is 0.175. The first-order valence-electron chi connectivity index (χ1n) is 12.1. The molecule has 0 spiro atoms. The maximum atomic E-state index is 12.4. The van der Waals surface area contributed by atoms with Crippen LogP contribution in [0.2, 0.25) is 0 Å². The molecular weight excluding hydrogens is 424 g/mol. The standard InChI is InChI=1S/C25H40N2O6/c1-30-23-15-21(16-24(31-2)25(23)32-3)33-18-20(28)17-27-13-11-26(12-14-27)10-9-22(29)19-7-5-4-6-8-19/h15-16,19-20,28H,4-14,17-18H2,1-3H3. The molecule has 0 aromatic heterocycles. The van der Waals surface area contributed by atoms with E-state index in [2.05, 4.69) is 9.80 Å². The molecule has 1 saturated heterocycles. The van der Waals surface area contributed by atoms with Gasteiger partial charge in [-0.2, -0.15) is 0 Å². The van der Waals surface area contributed by atoms with Gasteiger partial charge in [-0.05, 0) is 12.8 Å². The van der Waals surface area contributed by atoms with Crippen LogP contribution < -0.4 is 18.9 Å². The van der Waals surface area contributed by atoms with E-state index in [0.717, 1.165) is 45.6 Å². The molecule has 1 aliphatic carbocycles. The maximum Gasteiger partial charge on any atom is 0.203 e. The topological polar surface area (TPSA) is 80.7 Å². The molecule has 1 saturated carbocycles. The number of Topliss-reactive ketones (excluding diaryl/α,β-unsaturated/α-hetero) is 1. The molecule has 1 aromatic carbocycles. The van der Waals surface area contributed by atoms with Gasteiger partial charge in [0.05, 0.1) is 21.3 Å². The summed E-state index contributed by atoms with van der Waals surface area (Å²) in [5.74, 6) is 2.85. The van der Waals surface area contributed by atoms with Gasteiger partial charge in [0.25, 0.3) is 0 Å². The molecule has 0 amide bonds. The molecule has 2 fully saturated rings. The van der Waals surface area contributed by atoms with Crippen molar-refractivity contribution in [1.29, 1.82) is 0 Å². The lowest BCUT2D eigenvalue weighted by atomic mass is 9.85. The third-order valence-electron chi connectivity index (χ3n) is 6.75. The van der Waals surface area contributed by atoms with Crippen molar-refractivity contribution in [2.75, 3.05) is 67.2 Å². The van der Waals surface area contributed by atoms with Gasteiger partial charge in [-0.1, -0.05) is 19.3 Å². The summed E-state index contributed by atoms with van der Waals surface area (Å²) in [6, 6.07) is 3.45. The normalized spacial score (nSPS) is 19.2. The van der Waals surface area contributed by atoms with Crippen molar-refractivity contribution in [3.8, 4) is 23.0 Å². The van der Waals surface area contributed by atoms with Crippen molar-refractivity contribution in [1.82, 2.24) is 9.80 Å². The van der Waals surface area contributed by atoms with E-state index >= 15 is 0 Å². The van der Waals surface area contributed by atoms with E-state index in [1.165, 1.54) is 19.3 Å². The van der Waals surface area contributed by atoms with E-state index in [1.54, 1.807) is 33.5 Å². The highest BCUT2D eigenvalue weighted by atomic mass is 16.5. The van der Waals surface area contributed by atoms with Gasteiger partial charge in [0.15, 0.2) is 11.5 Å². The third-order valence-corrected chi connectivity index (χ3v) is 6.75. The van der Waals surface area contributed by atoms with E-state index in [1.807, 2.05) is 0 Å². The Morgan fingerprint density at radius 2 is 1.58 bits per heavy atom. The second-order valence-electron chi connectivity index (χ2n) is 9.02. The van der Waals surface area contributed by atoms with Crippen LogP contribution in [0.15, 0.2) is 12.1 Å². The number of hydrogen-bond donors (Lipinski definition) is 1. The molecule has 33 heavy (non-hydrogen) atoms. The van der Waals surface area contributed by atoms with Crippen LogP contribution in [0.25, 0.3) is 0 Å². The quantitative estimate of drug-likeness (QED) is 0.506. The van der Waals surface area contributed by atoms with Gasteiger partial charge in [0, 0.05) is 63.7 Å². The van der Waals surface area contributed by atoms with Gasteiger partial charge in [0.1, 0.15) is 24.2 Å². The molecule has 0 bridgehead atoms. The maximum absolute atomic E-state index is 12.4. The van der Waals surface area contributed by atoms with Crippen LogP contribution in [0, 0.1) is 5.92 Å². The van der Waals surface area contributed by atoms with E-state index in [-0.39, 0.29) is 6.61 Å². The van der Waals surface area contributed by atoms with Crippen molar-refractivity contribution >= 4 is 5.78 Å². The van der Waals surface area contributed by atoms with E-state index < -0.39 is 6.10 Å². The van der Waals surface area contributed by atoms with Crippen LogP contribution in [0.5, 0.6) is 23.0 Å². The van der Waals surface area contributed by atoms with Crippen molar-refractivity contribution in [3.05, 3.63) is 12.1 Å². The molecule has 1 N–H and O–H groups in total. The summed E-state index contributed by atoms with van der Waals surface area (Å²) in [6.07, 6.45) is 5.94. The Kier molecular flexibility index (Phi) is 10.1. The number of aliphatic hydroxyl groups excluding tert-OH is 1. The molecule has 1 aliphatic heterocycles. The average Bonchev–Trinajstić information content (AvgIpc) is 2.86. The van der Waals surface area contributed by atoms with Gasteiger partial charge in [-0.15, -0.1) is 0 Å². The lowest BCUT2D eigenvalue weighted by Crippen LogP contribution is -2.49. The first kappa shape index (κ1) is 25.6. The number of β-amino-alcohol motifs (C(OH)–C–C–N with tert-alkyl or cyclic N) is 1. The zero-order valence-electron chi connectivity index (χ0n) is 20.4. The summed E-state index contributed by atoms with van der Waals surface area (Å²) in [4.78, 5) is 17.1. The number of benzene rings is 1. The first-order valence-corrected chi connectivity index (χ1v) is 12.1. The molecule has 1 heterocycles. The average molecular weight is 465 g/mol. The molecule has 2 aliphatic rings. The third kappa shape index (κ3) is 7.48. The summed E-state index contributed by atoms with van der Waals surface area (Å²) in [7, 11) is 4.67. The Hall–Kier alpha value is -2.03. The number of ether oxygens (including phenoxy) is 4. The Morgan fingerprint density at radius 1 is 0.970 bits per heavy atom. The molecule has 1 aromatic rings. The van der Waals surface area contributed by atoms with Crippen LogP contribution in [0.1, 0.15) is 38.5 Å². The Bertz CT molecular complexity index is 719. The highest BCUT2D eigenvalue weighted by molar-refractivity contribution is 5.81. The summed E-state index contributed by atoms with van der Waals surface area (Å²) in [6.45, 7) is 5.22. The van der Waals surface area contributed by atoms with Gasteiger partial charge >= 0.3 is 0 Å². The summed E-state index contributed by atoms with van der Waals surface area (Å²) >= 11 is 0. The lowest BCUT2D eigenvalue weighted by molar-refractivity contribution is -0.124. The number of ketones is 1. The van der Waals surface area contributed by atoms with Crippen LogP contribution in [-0.2, 0) is 4.79 Å². The fourth-order valence-corrected chi connectivity index (χ4v) is 4.78. The Labute approximate surface area is 197 Å². The Morgan fingerprint density at radius 3 is 2.15 bits per heavy atom. The van der Waals surface area contributed by atoms with Gasteiger partial charge in [-0.25, -0.2) is 0 Å². The number of nitrogens with zero attached hydrogens (tertiary/aromatic N) is 2. The van der Waals surface area contributed by atoms with Crippen LogP contribution >= 0.6 is 0 Å². The molecular formula is C25H40N2O6. The van der Waals surface area contributed by atoms with Crippen molar-refractivity contribution in [2.45, 2.75) is 44.6 Å². The summed E-state index contributed by atoms with van der Waals surface area (Å²) < 4.78 is 21.8. The smallest absolute Gasteiger partial charge is 0.203 e. The van der Waals surface area contributed by atoms with Gasteiger partial charge in [-0.3, -0.25) is 9.69 Å². The van der Waals surface area contributed by atoms with Gasteiger partial charge in [0.2, 0.25) is 5.75 Å². The SMILES string of the molecule is COc1cc(OCC(O)CN2CCN(CCC(=O)C3CCCCC3)CC2)cc(OC)c1OC. The van der Waals surface area contributed by atoms with E-state index in [4.69, 9.17) is 18.9 Å². The number of aliphatic hydroxyl groups is 1. The van der Waals surface area contributed by atoms with Crippen molar-refractivity contribution < 1.29 is 28.8 Å². The number of hydrogen-bond acceptors (Lipinski definition) is 8. The van der Waals surface area contributed by atoms with Crippen LogP contribution in [0.4, 0.5) is 0 Å². The fourth-order valence-electron chi connectivity index (χ4n) is 4.78. The lowest BCUT2D eigenvalue weighted by Gasteiger charge is -2.35. The molecule has 186 valence electrons. The number of carbonyl (C=O) groups is 1. The number of rotatable bonds is 12. The van der Waals surface area contributed by atoms with E-state index in [9.17, 15) is 9.90 Å². The largest absolute Gasteiger partial charge is 0.493 e. The molecule has 0 radical (unpaired) electrons. The fraction of sp³-hybridized carbons (Fsp3) is 0.720. The zero-order valence-corrected chi connectivity index (χ0v) is 20.4. The molecule has 1 unspecified atom stereocenters. The van der Waals surface area contributed by atoms with Crippen LogP contribution in [0.3, 0.4) is 0 Å². The monoisotopic (exact) mass is 464 g/mol. The number of piperazine rings is 1. The summed E-state index contributed by atoms with van der Waals surface area (Å²) in [5.41, 5.74) is 0. The number of carbonyl (C=O) groups excluding carboxylic acids is 1. The minimum atomic E-state index is -0.608. The predicted octanol–water partition coefficient (Wildman–Crippen LogP) is 2.61. The Balaban J connectivity index is 1.37. The second-order valence-corrected chi connectivity index (χ2v) is 9.02. The number of methoxy groups -OCH3 is 3. The molecule has 8 heteroatoms. The highest BCUT2D eigenvalue weighted by Gasteiger charge is 2.24. The zero-order chi connectivity index (χ0) is 23.6. The predicted molar refractivity (Wildman–Crippen MR) is 127 cm³/mol. The molecule has 1 atom stereocenters. The minimum Gasteiger partial charge on any atom is -0.493 e. The second kappa shape index (κ2) is 13.0. The molecule has 8 nitrogen and oxygen atoms in total. The van der Waals surface area contributed by atoms with Gasteiger partial charge < -0.3 is 29.0 Å². The highest BCUT2D eigenvalue weighted by Crippen LogP contribution is 2.40. The van der Waals surface area contributed by atoms with Crippen LogP contribution in [-0.4, -0.2) is 94.0 Å². The van der Waals surface area contributed by atoms with Crippen molar-refractivity contribution in [3.63, 3.8) is 0 Å². The molecule has 3 rings (SSSR count). The first-order chi connectivity index (χ1) is 16.0. The summed E-state index contributed by atoms with van der Waals surface area (Å²) in [5, 5.41) is 10.5. The van der Waals surface area contributed by atoms with Crippen molar-refractivity contribution in [2.24, 2.45) is 5.92 Å².